The lowest BCUT2D eigenvalue weighted by atomic mass is 9.97. The summed E-state index contributed by atoms with van der Waals surface area (Å²) in [4.78, 5) is 2.49. The summed E-state index contributed by atoms with van der Waals surface area (Å²) in [5.74, 6) is 0.734. The molecule has 0 radical (unpaired) electrons. The summed E-state index contributed by atoms with van der Waals surface area (Å²) < 4.78 is 2.15. The fourth-order valence-corrected chi connectivity index (χ4v) is 3.17. The van der Waals surface area contributed by atoms with Gasteiger partial charge in [0, 0.05) is 25.3 Å². The first kappa shape index (κ1) is 12.2. The molecule has 1 aliphatic carbocycles. The van der Waals surface area contributed by atoms with Gasteiger partial charge in [-0.25, -0.2) is 0 Å². The van der Waals surface area contributed by atoms with Gasteiger partial charge in [0.1, 0.15) is 0 Å². The molecule has 100 valence electrons. The van der Waals surface area contributed by atoms with Crippen LogP contribution in [-0.4, -0.2) is 40.9 Å². The lowest BCUT2D eigenvalue weighted by Gasteiger charge is -2.26. The molecule has 1 aromatic rings. The van der Waals surface area contributed by atoms with Crippen LogP contribution in [0.2, 0.25) is 0 Å². The van der Waals surface area contributed by atoms with Gasteiger partial charge in [-0.1, -0.05) is 0 Å². The topological polar surface area (TPSA) is 33.1 Å². The molecule has 1 saturated carbocycles. The van der Waals surface area contributed by atoms with Crippen molar-refractivity contribution in [3.63, 3.8) is 0 Å². The zero-order valence-corrected chi connectivity index (χ0v) is 11.5. The van der Waals surface area contributed by atoms with Crippen molar-refractivity contribution in [1.82, 2.24) is 20.0 Å². The first-order valence-electron chi connectivity index (χ1n) is 7.25. The standard InChI is InChI=1S/C14H24N4/c1-3-18-13(6-8-16-18)14-11(7-9-17(14)2)10-15-12-4-5-12/h6,8,11-12,14-15H,3-5,7,9-10H2,1-2H3. The molecule has 1 saturated heterocycles. The van der Waals surface area contributed by atoms with Crippen LogP contribution < -0.4 is 5.32 Å². The minimum absolute atomic E-state index is 0.540. The SMILES string of the molecule is CCn1nccc1C1C(CNC2CC2)CCN1C. The minimum Gasteiger partial charge on any atom is -0.314 e. The summed E-state index contributed by atoms with van der Waals surface area (Å²) >= 11 is 0. The number of likely N-dealkylation sites (tertiary alicyclic amines) is 1. The van der Waals surface area contributed by atoms with Crippen LogP contribution in [0.3, 0.4) is 0 Å². The Labute approximate surface area is 109 Å². The average molecular weight is 248 g/mol. The Bertz CT molecular complexity index is 396. The zero-order chi connectivity index (χ0) is 12.5. The van der Waals surface area contributed by atoms with Crippen LogP contribution in [-0.2, 0) is 6.54 Å². The largest absolute Gasteiger partial charge is 0.314 e. The molecule has 2 aliphatic rings. The lowest BCUT2D eigenvalue weighted by molar-refractivity contribution is 0.257. The number of aromatic nitrogens is 2. The van der Waals surface area contributed by atoms with Crippen LogP contribution in [0.1, 0.15) is 37.9 Å². The first-order valence-corrected chi connectivity index (χ1v) is 7.25. The third kappa shape index (κ3) is 2.31. The summed E-state index contributed by atoms with van der Waals surface area (Å²) in [6.45, 7) is 5.50. The molecule has 2 fully saturated rings. The van der Waals surface area contributed by atoms with E-state index < -0.39 is 0 Å². The van der Waals surface area contributed by atoms with Gasteiger partial charge in [-0.3, -0.25) is 9.58 Å². The Morgan fingerprint density at radius 1 is 1.39 bits per heavy atom. The summed E-state index contributed by atoms with van der Waals surface area (Å²) in [7, 11) is 2.24. The van der Waals surface area contributed by atoms with Crippen LogP contribution in [0.15, 0.2) is 12.3 Å². The third-order valence-corrected chi connectivity index (χ3v) is 4.37. The molecular formula is C14H24N4. The molecule has 1 N–H and O–H groups in total. The number of aryl methyl sites for hydroxylation is 1. The van der Waals surface area contributed by atoms with E-state index >= 15 is 0 Å². The summed E-state index contributed by atoms with van der Waals surface area (Å²) in [5, 5.41) is 8.12. The molecule has 2 unspecified atom stereocenters. The molecule has 0 aromatic carbocycles. The molecule has 0 bridgehead atoms. The minimum atomic E-state index is 0.540. The van der Waals surface area contributed by atoms with E-state index in [1.54, 1.807) is 0 Å². The quantitative estimate of drug-likeness (QED) is 0.860. The van der Waals surface area contributed by atoms with Crippen molar-refractivity contribution < 1.29 is 0 Å². The highest BCUT2D eigenvalue weighted by molar-refractivity contribution is 5.11. The molecule has 1 aromatic heterocycles. The van der Waals surface area contributed by atoms with Gasteiger partial charge in [-0.05, 0) is 51.8 Å². The Kier molecular flexibility index (Phi) is 3.39. The van der Waals surface area contributed by atoms with Gasteiger partial charge in [0.2, 0.25) is 0 Å². The average Bonchev–Trinajstić information content (AvgIpc) is 2.96. The fourth-order valence-electron chi connectivity index (χ4n) is 3.17. The maximum absolute atomic E-state index is 4.43. The van der Waals surface area contributed by atoms with E-state index in [0.717, 1.165) is 25.0 Å². The Morgan fingerprint density at radius 2 is 2.22 bits per heavy atom. The highest BCUT2D eigenvalue weighted by Gasteiger charge is 2.35. The van der Waals surface area contributed by atoms with Crippen LogP contribution in [0.4, 0.5) is 0 Å². The monoisotopic (exact) mass is 248 g/mol. The van der Waals surface area contributed by atoms with Crippen molar-refractivity contribution in [1.29, 1.82) is 0 Å². The molecule has 2 atom stereocenters. The maximum Gasteiger partial charge on any atom is 0.0558 e. The zero-order valence-electron chi connectivity index (χ0n) is 11.5. The summed E-state index contributed by atoms with van der Waals surface area (Å²) in [6.07, 6.45) is 5.99. The number of hydrogen-bond donors (Lipinski definition) is 1. The highest BCUT2D eigenvalue weighted by atomic mass is 15.3. The van der Waals surface area contributed by atoms with E-state index in [9.17, 15) is 0 Å². The second kappa shape index (κ2) is 5.02. The van der Waals surface area contributed by atoms with Gasteiger partial charge in [0.15, 0.2) is 0 Å². The van der Waals surface area contributed by atoms with Gasteiger partial charge < -0.3 is 5.32 Å². The fraction of sp³-hybridized carbons (Fsp3) is 0.786. The van der Waals surface area contributed by atoms with Crippen LogP contribution >= 0.6 is 0 Å². The van der Waals surface area contributed by atoms with E-state index in [4.69, 9.17) is 0 Å². The van der Waals surface area contributed by atoms with Crippen molar-refractivity contribution in [2.24, 2.45) is 5.92 Å². The normalized spacial score (nSPS) is 29.0. The van der Waals surface area contributed by atoms with Crippen LogP contribution in [0.25, 0.3) is 0 Å². The predicted octanol–water partition coefficient (Wildman–Crippen LogP) is 1.65. The number of rotatable bonds is 5. The number of hydrogen-bond acceptors (Lipinski definition) is 3. The lowest BCUT2D eigenvalue weighted by Crippen LogP contribution is -2.31. The van der Waals surface area contributed by atoms with Crippen molar-refractivity contribution in [2.45, 2.75) is 44.8 Å². The molecule has 4 nitrogen and oxygen atoms in total. The molecule has 0 spiro atoms. The summed E-state index contributed by atoms with van der Waals surface area (Å²) in [6, 6.07) is 3.55. The van der Waals surface area contributed by atoms with Crippen LogP contribution in [0, 0.1) is 5.92 Å². The number of nitrogens with zero attached hydrogens (tertiary/aromatic N) is 3. The Balaban J connectivity index is 1.73. The third-order valence-electron chi connectivity index (χ3n) is 4.37. The predicted molar refractivity (Wildman–Crippen MR) is 72.4 cm³/mol. The first-order chi connectivity index (χ1) is 8.79. The number of nitrogens with one attached hydrogen (secondary N) is 1. The molecule has 1 aliphatic heterocycles. The van der Waals surface area contributed by atoms with E-state index in [1.165, 1.54) is 31.5 Å². The summed E-state index contributed by atoms with van der Waals surface area (Å²) in [5.41, 5.74) is 1.39. The van der Waals surface area contributed by atoms with Gasteiger partial charge in [-0.2, -0.15) is 5.10 Å². The highest BCUT2D eigenvalue weighted by Crippen LogP contribution is 2.36. The van der Waals surface area contributed by atoms with Gasteiger partial charge in [0.05, 0.1) is 11.7 Å². The van der Waals surface area contributed by atoms with Crippen molar-refractivity contribution in [2.75, 3.05) is 20.1 Å². The van der Waals surface area contributed by atoms with Gasteiger partial charge in [-0.15, -0.1) is 0 Å². The molecular weight excluding hydrogens is 224 g/mol. The van der Waals surface area contributed by atoms with E-state index in [2.05, 4.69) is 40.0 Å². The molecule has 3 rings (SSSR count). The molecule has 4 heteroatoms. The Morgan fingerprint density at radius 3 is 2.94 bits per heavy atom. The molecule has 0 amide bonds. The van der Waals surface area contributed by atoms with Crippen LogP contribution in [0.5, 0.6) is 0 Å². The molecule has 2 heterocycles. The second-order valence-corrected chi connectivity index (χ2v) is 5.73. The van der Waals surface area contributed by atoms with E-state index in [1.807, 2.05) is 6.20 Å². The molecule has 18 heavy (non-hydrogen) atoms. The smallest absolute Gasteiger partial charge is 0.0558 e. The maximum atomic E-state index is 4.43. The second-order valence-electron chi connectivity index (χ2n) is 5.73. The van der Waals surface area contributed by atoms with Gasteiger partial charge in [0.25, 0.3) is 0 Å². The van der Waals surface area contributed by atoms with E-state index in [0.29, 0.717) is 6.04 Å². The Hall–Kier alpha value is -0.870. The van der Waals surface area contributed by atoms with E-state index in [-0.39, 0.29) is 0 Å². The van der Waals surface area contributed by atoms with Crippen molar-refractivity contribution in [3.8, 4) is 0 Å². The van der Waals surface area contributed by atoms with Gasteiger partial charge >= 0.3 is 0 Å². The van der Waals surface area contributed by atoms with Crippen molar-refractivity contribution in [3.05, 3.63) is 18.0 Å². The van der Waals surface area contributed by atoms with Crippen molar-refractivity contribution >= 4 is 0 Å².